The molecule has 3 heterocycles. The summed E-state index contributed by atoms with van der Waals surface area (Å²) in [5.41, 5.74) is 1.80. The van der Waals surface area contributed by atoms with Crippen molar-refractivity contribution in [3.8, 4) is 0 Å². The molecule has 1 N–H and O–H groups in total. The number of nitrogens with one attached hydrogen (secondary N) is 1. The van der Waals surface area contributed by atoms with Crippen LogP contribution >= 0.6 is 0 Å². The van der Waals surface area contributed by atoms with Crippen LogP contribution in [-0.4, -0.2) is 39.1 Å². The summed E-state index contributed by atoms with van der Waals surface area (Å²) in [5.74, 6) is 0.446. The Bertz CT molecular complexity index is 702. The minimum atomic E-state index is -0.448. The van der Waals surface area contributed by atoms with E-state index in [1.165, 1.54) is 10.9 Å². The fraction of sp³-hybridized carbons (Fsp3) is 0.556. The third-order valence-corrected chi connectivity index (χ3v) is 4.43. The van der Waals surface area contributed by atoms with E-state index < -0.39 is 5.60 Å². The summed E-state index contributed by atoms with van der Waals surface area (Å²) in [7, 11) is 0. The minimum Gasteiger partial charge on any atom is -0.444 e. The smallest absolute Gasteiger partial charge is 0.410 e. The number of hydrogen-bond acceptors (Lipinski definition) is 3. The highest BCUT2D eigenvalue weighted by Gasteiger charge is 2.33. The van der Waals surface area contributed by atoms with Crippen molar-refractivity contribution in [1.29, 1.82) is 0 Å². The molecule has 2 unspecified atom stereocenters. The maximum absolute atomic E-state index is 12.3. The largest absolute Gasteiger partial charge is 0.444 e. The molecule has 0 spiro atoms. The lowest BCUT2D eigenvalue weighted by Crippen LogP contribution is -2.46. The van der Waals surface area contributed by atoms with Gasteiger partial charge in [0.2, 0.25) is 0 Å². The molecule has 5 heteroatoms. The topological polar surface area (TPSA) is 58.2 Å². The van der Waals surface area contributed by atoms with Crippen LogP contribution in [0, 0.1) is 0 Å². The number of ether oxygens (including phenoxy) is 1. The van der Waals surface area contributed by atoms with Crippen LogP contribution in [0.5, 0.6) is 0 Å². The monoisotopic (exact) mass is 315 g/mol. The molecule has 0 aliphatic carbocycles. The molecule has 1 aliphatic rings. The zero-order valence-corrected chi connectivity index (χ0v) is 14.3. The van der Waals surface area contributed by atoms with Crippen molar-refractivity contribution in [3.63, 3.8) is 0 Å². The number of carbonyl (C=O) groups excluding carboxylic acids is 1. The molecule has 5 nitrogen and oxygen atoms in total. The maximum atomic E-state index is 12.3. The van der Waals surface area contributed by atoms with E-state index in [-0.39, 0.29) is 12.1 Å². The van der Waals surface area contributed by atoms with Crippen molar-refractivity contribution in [3.05, 3.63) is 30.1 Å². The summed E-state index contributed by atoms with van der Waals surface area (Å²) >= 11 is 0. The predicted molar refractivity (Wildman–Crippen MR) is 90.5 cm³/mol. The molecular formula is C18H25N3O2. The molecule has 2 aromatic heterocycles. The van der Waals surface area contributed by atoms with Crippen LogP contribution < -0.4 is 0 Å². The van der Waals surface area contributed by atoms with Crippen molar-refractivity contribution >= 4 is 17.1 Å². The molecule has 1 fully saturated rings. The molecule has 23 heavy (non-hydrogen) atoms. The quantitative estimate of drug-likeness (QED) is 0.863. The van der Waals surface area contributed by atoms with E-state index in [1.807, 2.05) is 31.7 Å². The van der Waals surface area contributed by atoms with Crippen LogP contribution in [0.2, 0.25) is 0 Å². The maximum Gasteiger partial charge on any atom is 0.410 e. The van der Waals surface area contributed by atoms with Gasteiger partial charge in [-0.25, -0.2) is 9.78 Å². The lowest BCUT2D eigenvalue weighted by molar-refractivity contribution is 0.0104. The predicted octanol–water partition coefficient (Wildman–Crippen LogP) is 4.07. The van der Waals surface area contributed by atoms with Crippen LogP contribution in [-0.2, 0) is 4.74 Å². The molecule has 0 radical (unpaired) electrons. The molecule has 2 aromatic rings. The Morgan fingerprint density at radius 2 is 2.22 bits per heavy atom. The number of H-pyrrole nitrogens is 1. The Hall–Kier alpha value is -2.04. The highest BCUT2D eigenvalue weighted by atomic mass is 16.6. The van der Waals surface area contributed by atoms with Gasteiger partial charge in [-0.3, -0.25) is 0 Å². The Morgan fingerprint density at radius 1 is 1.43 bits per heavy atom. The average molecular weight is 315 g/mol. The SMILES string of the molecule is CC1CC(c2c[nH]c3ncccc23)CCN1C(=O)OC(C)(C)C. The number of aromatic amines is 1. The van der Waals surface area contributed by atoms with Gasteiger partial charge in [0.05, 0.1) is 0 Å². The molecule has 124 valence electrons. The molecule has 3 rings (SSSR count). The third-order valence-electron chi connectivity index (χ3n) is 4.43. The number of fused-ring (bicyclic) bond motifs is 1. The number of likely N-dealkylation sites (tertiary alicyclic amines) is 1. The standard InChI is InChI=1S/C18H25N3O2/c1-12-10-13(7-9-21(12)17(22)23-18(2,3)4)15-11-20-16-14(15)6-5-8-19-16/h5-6,8,11-13H,7,9-10H2,1-4H3,(H,19,20). The average Bonchev–Trinajstić information content (AvgIpc) is 2.89. The van der Waals surface area contributed by atoms with Crippen LogP contribution in [0.3, 0.4) is 0 Å². The number of hydrogen-bond donors (Lipinski definition) is 1. The van der Waals surface area contributed by atoms with Crippen molar-refractivity contribution in [1.82, 2.24) is 14.9 Å². The van der Waals surface area contributed by atoms with Crippen molar-refractivity contribution < 1.29 is 9.53 Å². The number of amides is 1. The van der Waals surface area contributed by atoms with E-state index in [4.69, 9.17) is 4.74 Å². The summed E-state index contributed by atoms with van der Waals surface area (Å²) in [6.07, 6.45) is 5.56. The van der Waals surface area contributed by atoms with E-state index >= 15 is 0 Å². The van der Waals surface area contributed by atoms with E-state index in [0.717, 1.165) is 25.0 Å². The van der Waals surface area contributed by atoms with Gasteiger partial charge in [-0.1, -0.05) is 0 Å². The van der Waals surface area contributed by atoms with Crippen LogP contribution in [0.1, 0.15) is 52.0 Å². The lowest BCUT2D eigenvalue weighted by Gasteiger charge is -2.38. The van der Waals surface area contributed by atoms with Crippen LogP contribution in [0.25, 0.3) is 11.0 Å². The van der Waals surface area contributed by atoms with Gasteiger partial charge < -0.3 is 14.6 Å². The molecule has 1 amide bonds. The van der Waals surface area contributed by atoms with Gasteiger partial charge in [0.25, 0.3) is 0 Å². The molecule has 0 bridgehead atoms. The third kappa shape index (κ3) is 3.33. The number of pyridine rings is 1. The second kappa shape index (κ2) is 5.87. The molecule has 1 aliphatic heterocycles. The number of piperidine rings is 1. The Morgan fingerprint density at radius 3 is 2.91 bits per heavy atom. The molecule has 0 aromatic carbocycles. The number of rotatable bonds is 1. The first-order chi connectivity index (χ1) is 10.8. The highest BCUT2D eigenvalue weighted by molar-refractivity contribution is 5.80. The summed E-state index contributed by atoms with van der Waals surface area (Å²) in [5, 5.41) is 1.19. The molecule has 1 saturated heterocycles. The number of carbonyl (C=O) groups is 1. The van der Waals surface area contributed by atoms with E-state index in [0.29, 0.717) is 5.92 Å². The van der Waals surface area contributed by atoms with E-state index in [1.54, 1.807) is 6.20 Å². The zero-order valence-electron chi connectivity index (χ0n) is 14.3. The van der Waals surface area contributed by atoms with Gasteiger partial charge in [0, 0.05) is 30.4 Å². The number of aromatic nitrogens is 2. The second-order valence-electron chi connectivity index (χ2n) is 7.39. The second-order valence-corrected chi connectivity index (χ2v) is 7.39. The zero-order chi connectivity index (χ0) is 16.6. The van der Waals surface area contributed by atoms with Crippen LogP contribution in [0.15, 0.2) is 24.5 Å². The van der Waals surface area contributed by atoms with Gasteiger partial charge in [-0.15, -0.1) is 0 Å². The number of nitrogens with zero attached hydrogens (tertiary/aromatic N) is 2. The van der Waals surface area contributed by atoms with Crippen molar-refractivity contribution in [2.45, 2.75) is 58.1 Å². The molecule has 2 atom stereocenters. The van der Waals surface area contributed by atoms with Crippen LogP contribution in [0.4, 0.5) is 4.79 Å². The summed E-state index contributed by atoms with van der Waals surface area (Å²) in [6.45, 7) is 8.54. The highest BCUT2D eigenvalue weighted by Crippen LogP contribution is 2.35. The minimum absolute atomic E-state index is 0.172. The molecule has 0 saturated carbocycles. The summed E-state index contributed by atoms with van der Waals surface area (Å²) in [4.78, 5) is 21.8. The fourth-order valence-electron chi connectivity index (χ4n) is 3.36. The Labute approximate surface area is 137 Å². The summed E-state index contributed by atoms with van der Waals surface area (Å²) in [6, 6.07) is 4.25. The first kappa shape index (κ1) is 15.8. The molecular weight excluding hydrogens is 290 g/mol. The van der Waals surface area contributed by atoms with Gasteiger partial charge in [0.1, 0.15) is 11.2 Å². The first-order valence-electron chi connectivity index (χ1n) is 8.27. The van der Waals surface area contributed by atoms with E-state index in [9.17, 15) is 4.79 Å². The van der Waals surface area contributed by atoms with Gasteiger partial charge in [-0.05, 0) is 64.2 Å². The van der Waals surface area contributed by atoms with E-state index in [2.05, 4.69) is 29.2 Å². The van der Waals surface area contributed by atoms with Gasteiger partial charge in [0.15, 0.2) is 0 Å². The van der Waals surface area contributed by atoms with Crippen molar-refractivity contribution in [2.75, 3.05) is 6.54 Å². The van der Waals surface area contributed by atoms with Crippen molar-refractivity contribution in [2.24, 2.45) is 0 Å². The normalized spacial score (nSPS) is 22.3. The first-order valence-corrected chi connectivity index (χ1v) is 8.27. The van der Waals surface area contributed by atoms with Gasteiger partial charge in [-0.2, -0.15) is 0 Å². The lowest BCUT2D eigenvalue weighted by atomic mass is 9.86. The fourth-order valence-corrected chi connectivity index (χ4v) is 3.36. The Kier molecular flexibility index (Phi) is 4.04. The summed E-state index contributed by atoms with van der Waals surface area (Å²) < 4.78 is 5.51. The van der Waals surface area contributed by atoms with Gasteiger partial charge >= 0.3 is 6.09 Å². The Balaban J connectivity index is 1.72.